The molecule has 1 aliphatic heterocycles. The Morgan fingerprint density at radius 2 is 1.43 bits per heavy atom. The molecule has 40 heavy (non-hydrogen) atoms. The summed E-state index contributed by atoms with van der Waals surface area (Å²) in [5.41, 5.74) is 2.80. The summed E-state index contributed by atoms with van der Waals surface area (Å²) in [4.78, 5) is 47.7. The predicted octanol–water partition coefficient (Wildman–Crippen LogP) is 3.27. The SMILES string of the molecule is CC(C)Nc1nc2c(cc1C(=O)N(C)C)CCN(c1ncccn1)CC2.O=C(O)C(F)(F)F.O=C(O)C(F)(F)F. The largest absolute Gasteiger partial charge is 0.490 e. The molecule has 2 aromatic rings. The van der Waals surface area contributed by atoms with E-state index in [2.05, 4.69) is 20.2 Å². The number of nitrogens with one attached hydrogen (secondary N) is 1. The van der Waals surface area contributed by atoms with Crippen LogP contribution >= 0.6 is 0 Å². The lowest BCUT2D eigenvalue weighted by atomic mass is 10.0. The minimum absolute atomic E-state index is 0.0315. The fraction of sp³-hybridized carbons (Fsp3) is 0.478. The number of nitrogens with zero attached hydrogens (tertiary/aromatic N) is 5. The highest BCUT2D eigenvalue weighted by molar-refractivity contribution is 5.98. The van der Waals surface area contributed by atoms with Gasteiger partial charge in [0.25, 0.3) is 5.91 Å². The van der Waals surface area contributed by atoms with E-state index < -0.39 is 24.3 Å². The van der Waals surface area contributed by atoms with Crippen molar-refractivity contribution in [3.8, 4) is 0 Å². The van der Waals surface area contributed by atoms with Crippen molar-refractivity contribution in [2.45, 2.75) is 45.1 Å². The lowest BCUT2D eigenvalue weighted by Crippen LogP contribution is -2.27. The molecular weight excluding hydrogens is 554 g/mol. The lowest BCUT2D eigenvalue weighted by molar-refractivity contribution is -0.193. The monoisotopic (exact) mass is 582 g/mol. The molecule has 0 aliphatic carbocycles. The van der Waals surface area contributed by atoms with E-state index in [9.17, 15) is 31.1 Å². The number of carboxylic acids is 2. The van der Waals surface area contributed by atoms with E-state index in [0.717, 1.165) is 43.1 Å². The second-order valence-electron chi connectivity index (χ2n) is 8.63. The van der Waals surface area contributed by atoms with Crippen molar-refractivity contribution in [1.29, 1.82) is 0 Å². The molecule has 222 valence electrons. The van der Waals surface area contributed by atoms with Crippen LogP contribution in [0, 0.1) is 0 Å². The standard InChI is InChI=1S/C19H26N6O.2C2HF3O2/c1-13(2)22-17-15(18(26)24(3)4)12-14-6-10-25(11-7-16(14)23-17)19-20-8-5-9-21-19;2*3-2(4,5)1(6)7/h5,8-9,12-13H,6-7,10-11H2,1-4H3,(H,22,23);2*(H,6,7). The Kier molecular flexibility index (Phi) is 12.1. The first-order valence-corrected chi connectivity index (χ1v) is 11.5. The summed E-state index contributed by atoms with van der Waals surface area (Å²) in [6, 6.07) is 4.03. The smallest absolute Gasteiger partial charge is 0.475 e. The van der Waals surface area contributed by atoms with Crippen molar-refractivity contribution in [2.75, 3.05) is 37.4 Å². The highest BCUT2D eigenvalue weighted by Crippen LogP contribution is 2.24. The molecule has 11 nitrogen and oxygen atoms in total. The molecular formula is C23H28F6N6O5. The molecule has 0 aromatic carbocycles. The van der Waals surface area contributed by atoms with Gasteiger partial charge in [-0.05, 0) is 38.0 Å². The molecule has 3 N–H and O–H groups in total. The van der Waals surface area contributed by atoms with Crippen molar-refractivity contribution in [3.05, 3.63) is 41.3 Å². The number of halogens is 6. The van der Waals surface area contributed by atoms with Gasteiger partial charge in [0.1, 0.15) is 5.82 Å². The average molecular weight is 583 g/mol. The van der Waals surface area contributed by atoms with Gasteiger partial charge in [0.05, 0.1) is 5.56 Å². The summed E-state index contributed by atoms with van der Waals surface area (Å²) in [5.74, 6) is -4.14. The molecule has 2 aromatic heterocycles. The van der Waals surface area contributed by atoms with Crippen molar-refractivity contribution < 1.29 is 50.9 Å². The summed E-state index contributed by atoms with van der Waals surface area (Å²) < 4.78 is 63.5. The summed E-state index contributed by atoms with van der Waals surface area (Å²) in [6.45, 7) is 5.72. The second-order valence-corrected chi connectivity index (χ2v) is 8.63. The van der Waals surface area contributed by atoms with E-state index in [1.807, 2.05) is 26.0 Å². The van der Waals surface area contributed by atoms with Gasteiger partial charge in [0.2, 0.25) is 5.95 Å². The molecule has 1 aliphatic rings. The molecule has 3 rings (SSSR count). The Hall–Kier alpha value is -4.18. The third-order valence-corrected chi connectivity index (χ3v) is 4.84. The predicted molar refractivity (Wildman–Crippen MR) is 130 cm³/mol. The van der Waals surface area contributed by atoms with Crippen LogP contribution in [0.15, 0.2) is 24.5 Å². The van der Waals surface area contributed by atoms with Gasteiger partial charge in [-0.2, -0.15) is 26.3 Å². The highest BCUT2D eigenvalue weighted by atomic mass is 19.4. The molecule has 0 radical (unpaired) electrons. The number of alkyl halides is 6. The number of hydrogen-bond acceptors (Lipinski definition) is 8. The number of rotatable bonds is 4. The molecule has 17 heteroatoms. The first-order chi connectivity index (χ1) is 18.3. The minimum atomic E-state index is -5.08. The van der Waals surface area contributed by atoms with Gasteiger partial charge in [-0.25, -0.2) is 24.5 Å². The van der Waals surface area contributed by atoms with E-state index in [1.54, 1.807) is 31.4 Å². The van der Waals surface area contributed by atoms with Gasteiger partial charge in [0.15, 0.2) is 0 Å². The maximum Gasteiger partial charge on any atom is 0.490 e. The number of carboxylic acid groups (broad SMARTS) is 2. The van der Waals surface area contributed by atoms with Gasteiger partial charge in [-0.3, -0.25) is 4.79 Å². The number of carbonyl (C=O) groups is 3. The number of aliphatic carboxylic acids is 2. The maximum atomic E-state index is 12.6. The quantitative estimate of drug-likeness (QED) is 0.459. The van der Waals surface area contributed by atoms with Crippen LogP contribution in [0.1, 0.15) is 35.5 Å². The Morgan fingerprint density at radius 3 is 1.85 bits per heavy atom. The first-order valence-electron chi connectivity index (χ1n) is 11.5. The molecule has 0 spiro atoms. The molecule has 0 saturated heterocycles. The topological polar surface area (TPSA) is 149 Å². The van der Waals surface area contributed by atoms with Crippen molar-refractivity contribution in [3.63, 3.8) is 0 Å². The van der Waals surface area contributed by atoms with Crippen molar-refractivity contribution in [1.82, 2.24) is 19.9 Å². The summed E-state index contributed by atoms with van der Waals surface area (Å²) in [7, 11) is 3.53. The number of carbonyl (C=O) groups excluding carboxylic acids is 1. The van der Waals surface area contributed by atoms with Crippen LogP contribution in [-0.4, -0.2) is 93.5 Å². The molecule has 0 atom stereocenters. The zero-order chi connectivity index (χ0) is 30.8. The molecule has 0 fully saturated rings. The Bertz CT molecular complexity index is 1140. The van der Waals surface area contributed by atoms with Crippen LogP contribution in [-0.2, 0) is 22.4 Å². The summed E-state index contributed by atoms with van der Waals surface area (Å²) in [5, 5.41) is 17.6. The number of amides is 1. The van der Waals surface area contributed by atoms with Gasteiger partial charge in [0, 0.05) is 57.7 Å². The maximum absolute atomic E-state index is 12.6. The molecule has 3 heterocycles. The third-order valence-electron chi connectivity index (χ3n) is 4.84. The van der Waals surface area contributed by atoms with Gasteiger partial charge < -0.3 is 25.3 Å². The van der Waals surface area contributed by atoms with Crippen molar-refractivity contribution in [2.24, 2.45) is 0 Å². The number of pyridine rings is 1. The van der Waals surface area contributed by atoms with Crippen LogP contribution < -0.4 is 10.2 Å². The number of hydrogen-bond donors (Lipinski definition) is 3. The van der Waals surface area contributed by atoms with Gasteiger partial charge in [-0.15, -0.1) is 0 Å². The average Bonchev–Trinajstić information content (AvgIpc) is 3.05. The van der Waals surface area contributed by atoms with Crippen molar-refractivity contribution >= 4 is 29.6 Å². The second kappa shape index (κ2) is 14.3. The van der Waals surface area contributed by atoms with Crippen LogP contribution in [0.25, 0.3) is 0 Å². The van der Waals surface area contributed by atoms with E-state index in [0.29, 0.717) is 11.4 Å². The van der Waals surface area contributed by atoms with E-state index in [4.69, 9.17) is 24.8 Å². The third kappa shape index (κ3) is 10.9. The summed E-state index contributed by atoms with van der Waals surface area (Å²) in [6.07, 6.45) is -5.03. The van der Waals surface area contributed by atoms with Crippen LogP contribution in [0.2, 0.25) is 0 Å². The normalized spacial score (nSPS) is 13.0. The number of anilines is 2. The van der Waals surface area contributed by atoms with Crippen LogP contribution in [0.3, 0.4) is 0 Å². The highest BCUT2D eigenvalue weighted by Gasteiger charge is 2.38. The molecule has 0 saturated carbocycles. The Morgan fingerprint density at radius 1 is 0.950 bits per heavy atom. The first kappa shape index (κ1) is 33.8. The zero-order valence-corrected chi connectivity index (χ0v) is 21.8. The van der Waals surface area contributed by atoms with E-state index in [1.165, 1.54) is 0 Å². The van der Waals surface area contributed by atoms with Gasteiger partial charge >= 0.3 is 24.3 Å². The van der Waals surface area contributed by atoms with Gasteiger partial charge in [-0.1, -0.05) is 0 Å². The van der Waals surface area contributed by atoms with Crippen LogP contribution in [0.4, 0.5) is 38.1 Å². The molecule has 0 unspecified atom stereocenters. The van der Waals surface area contributed by atoms with Crippen LogP contribution in [0.5, 0.6) is 0 Å². The zero-order valence-electron chi connectivity index (χ0n) is 21.8. The number of fused-ring (bicyclic) bond motifs is 1. The lowest BCUT2D eigenvalue weighted by Gasteiger charge is -2.19. The molecule has 0 bridgehead atoms. The number of aromatic nitrogens is 3. The molecule has 1 amide bonds. The minimum Gasteiger partial charge on any atom is -0.475 e. The summed E-state index contributed by atoms with van der Waals surface area (Å²) >= 11 is 0. The fourth-order valence-electron chi connectivity index (χ4n) is 3.08. The van der Waals surface area contributed by atoms with E-state index in [-0.39, 0.29) is 11.9 Å². The fourth-order valence-corrected chi connectivity index (χ4v) is 3.08. The van der Waals surface area contributed by atoms with E-state index >= 15 is 0 Å². The Balaban J connectivity index is 0.000000473. The Labute approximate surface area is 224 Å².